The van der Waals surface area contributed by atoms with Crippen molar-refractivity contribution < 1.29 is 27.9 Å². The molecule has 0 aliphatic rings. The minimum atomic E-state index is -1.28. The van der Waals surface area contributed by atoms with Gasteiger partial charge in [0.05, 0.1) is 15.5 Å². The molecular weight excluding hydrogens is 352 g/mol. The van der Waals surface area contributed by atoms with E-state index in [9.17, 15) is 23.2 Å². The van der Waals surface area contributed by atoms with E-state index in [4.69, 9.17) is 11.6 Å². The molecule has 1 aromatic heterocycles. The summed E-state index contributed by atoms with van der Waals surface area (Å²) in [6.07, 6.45) is 0. The molecule has 0 fully saturated rings. The van der Waals surface area contributed by atoms with Gasteiger partial charge in [0, 0.05) is 0 Å². The van der Waals surface area contributed by atoms with Gasteiger partial charge in [-0.05, 0) is 23.6 Å². The summed E-state index contributed by atoms with van der Waals surface area (Å²) in [6, 6.07) is 4.33. The second-order valence-corrected chi connectivity index (χ2v) is 5.53. The Kier molecular flexibility index (Phi) is 5.41. The second-order valence-electron chi connectivity index (χ2n) is 4.18. The Morgan fingerprint density at radius 3 is 2.57 bits per heavy atom. The molecule has 1 N–H and O–H groups in total. The first kappa shape index (κ1) is 17.0. The van der Waals surface area contributed by atoms with E-state index in [1.165, 1.54) is 6.07 Å². The lowest BCUT2D eigenvalue weighted by molar-refractivity contribution is -0.123. The first-order chi connectivity index (χ1) is 10.9. The zero-order valence-electron chi connectivity index (χ0n) is 11.3. The van der Waals surface area contributed by atoms with E-state index in [0.717, 1.165) is 11.3 Å². The van der Waals surface area contributed by atoms with Gasteiger partial charge in [-0.3, -0.25) is 14.9 Å². The molecule has 0 unspecified atom stereocenters. The Balaban J connectivity index is 1.93. The number of esters is 1. The van der Waals surface area contributed by atoms with Crippen LogP contribution in [-0.4, -0.2) is 24.4 Å². The molecule has 0 radical (unpaired) electrons. The first-order valence-corrected chi connectivity index (χ1v) is 7.33. The maximum atomic E-state index is 13.1. The predicted molar refractivity (Wildman–Crippen MR) is 78.4 cm³/mol. The van der Waals surface area contributed by atoms with Crippen molar-refractivity contribution in [1.29, 1.82) is 0 Å². The van der Waals surface area contributed by atoms with E-state index in [0.29, 0.717) is 17.0 Å². The molecule has 0 saturated carbocycles. The molecule has 2 aromatic rings. The maximum Gasteiger partial charge on any atom is 0.340 e. The minimum absolute atomic E-state index is 0.313. The van der Waals surface area contributed by atoms with Crippen LogP contribution in [0.25, 0.3) is 0 Å². The molecule has 2 rings (SSSR count). The molecule has 120 valence electrons. The largest absolute Gasteiger partial charge is 0.452 e. The summed E-state index contributed by atoms with van der Waals surface area (Å²) < 4.78 is 30.6. The van der Waals surface area contributed by atoms with E-state index in [1.807, 2.05) is 5.32 Å². The highest BCUT2D eigenvalue weighted by Gasteiger charge is 2.18. The molecule has 0 atom stereocenters. The Labute approximate surface area is 137 Å². The fourth-order valence-electron chi connectivity index (χ4n) is 1.52. The summed E-state index contributed by atoms with van der Waals surface area (Å²) in [5.41, 5.74) is -0.428. The Morgan fingerprint density at radius 1 is 1.22 bits per heavy atom. The van der Waals surface area contributed by atoms with Crippen LogP contribution in [0, 0.1) is 11.6 Å². The Bertz CT molecular complexity index is 764. The molecule has 9 heteroatoms. The normalized spacial score (nSPS) is 10.2. The van der Waals surface area contributed by atoms with Crippen molar-refractivity contribution in [2.75, 3.05) is 6.61 Å². The van der Waals surface area contributed by atoms with Crippen LogP contribution in [-0.2, 0) is 9.53 Å². The molecule has 0 bridgehead atoms. The molecule has 1 aromatic carbocycles. The summed E-state index contributed by atoms with van der Waals surface area (Å²) in [4.78, 5) is 35.1. The van der Waals surface area contributed by atoms with E-state index in [2.05, 4.69) is 4.74 Å². The standard InChI is InChI=1S/C14H8ClF2NO4S/c15-8-5-10(17)9(16)4-7(8)14(21)22-6-12(19)18-13(20)11-2-1-3-23-11/h1-5H,6H2,(H,18,19,20). The SMILES string of the molecule is O=C(COC(=O)c1cc(F)c(F)cc1Cl)NC(=O)c1cccs1. The van der Waals surface area contributed by atoms with Crippen molar-refractivity contribution in [3.05, 3.63) is 56.7 Å². The average Bonchev–Trinajstić information content (AvgIpc) is 3.03. The Morgan fingerprint density at radius 2 is 1.91 bits per heavy atom. The molecule has 0 saturated heterocycles. The molecule has 0 aliphatic carbocycles. The van der Waals surface area contributed by atoms with Gasteiger partial charge in [-0.2, -0.15) is 0 Å². The van der Waals surface area contributed by atoms with Crippen LogP contribution in [0.5, 0.6) is 0 Å². The number of amides is 2. The fraction of sp³-hybridized carbons (Fsp3) is 0.0714. The third-order valence-corrected chi connectivity index (χ3v) is 3.74. The maximum absolute atomic E-state index is 13.1. The summed E-state index contributed by atoms with van der Waals surface area (Å²) in [5, 5.41) is 3.31. The van der Waals surface area contributed by atoms with Crippen molar-refractivity contribution in [3.8, 4) is 0 Å². The third-order valence-electron chi connectivity index (χ3n) is 2.56. The van der Waals surface area contributed by atoms with Crippen LogP contribution in [0.2, 0.25) is 5.02 Å². The Hall–Kier alpha value is -2.32. The van der Waals surface area contributed by atoms with Crippen molar-refractivity contribution in [3.63, 3.8) is 0 Å². The summed E-state index contributed by atoms with van der Waals surface area (Å²) in [7, 11) is 0. The quantitative estimate of drug-likeness (QED) is 0.673. The van der Waals surface area contributed by atoms with Gasteiger partial charge in [0.1, 0.15) is 0 Å². The lowest BCUT2D eigenvalue weighted by Crippen LogP contribution is -2.33. The fourth-order valence-corrected chi connectivity index (χ4v) is 2.37. The zero-order chi connectivity index (χ0) is 17.0. The number of halogens is 3. The third kappa shape index (κ3) is 4.33. The van der Waals surface area contributed by atoms with Gasteiger partial charge in [-0.1, -0.05) is 17.7 Å². The highest BCUT2D eigenvalue weighted by Crippen LogP contribution is 2.20. The molecule has 2 amide bonds. The number of hydrogen-bond donors (Lipinski definition) is 1. The van der Waals surface area contributed by atoms with Gasteiger partial charge in [0.15, 0.2) is 18.2 Å². The van der Waals surface area contributed by atoms with Gasteiger partial charge in [-0.15, -0.1) is 11.3 Å². The highest BCUT2D eigenvalue weighted by molar-refractivity contribution is 7.12. The van der Waals surface area contributed by atoms with Crippen molar-refractivity contribution in [1.82, 2.24) is 5.32 Å². The number of carbonyl (C=O) groups excluding carboxylic acids is 3. The minimum Gasteiger partial charge on any atom is -0.452 e. The first-order valence-electron chi connectivity index (χ1n) is 6.08. The number of rotatable bonds is 4. The van der Waals surface area contributed by atoms with Crippen molar-refractivity contribution >= 4 is 40.7 Å². The van der Waals surface area contributed by atoms with Crippen molar-refractivity contribution in [2.45, 2.75) is 0 Å². The molecule has 5 nitrogen and oxygen atoms in total. The van der Waals surface area contributed by atoms with Gasteiger partial charge in [-0.25, -0.2) is 13.6 Å². The second kappa shape index (κ2) is 7.30. The lowest BCUT2D eigenvalue weighted by atomic mass is 10.2. The summed E-state index contributed by atoms with van der Waals surface area (Å²) in [6.45, 7) is -0.773. The zero-order valence-corrected chi connectivity index (χ0v) is 12.8. The molecule has 0 aliphatic heterocycles. The molecule has 23 heavy (non-hydrogen) atoms. The molecule has 0 spiro atoms. The van der Waals surface area contributed by atoms with E-state index < -0.39 is 41.6 Å². The number of benzene rings is 1. The number of imide groups is 1. The highest BCUT2D eigenvalue weighted by atomic mass is 35.5. The smallest absolute Gasteiger partial charge is 0.340 e. The number of hydrogen-bond acceptors (Lipinski definition) is 5. The van der Waals surface area contributed by atoms with Crippen LogP contribution in [0.1, 0.15) is 20.0 Å². The van der Waals surface area contributed by atoms with Gasteiger partial charge in [0.25, 0.3) is 11.8 Å². The van der Waals surface area contributed by atoms with Crippen LogP contribution >= 0.6 is 22.9 Å². The van der Waals surface area contributed by atoms with E-state index in [1.54, 1.807) is 11.4 Å². The van der Waals surface area contributed by atoms with Crippen LogP contribution < -0.4 is 5.32 Å². The topological polar surface area (TPSA) is 72.5 Å². The summed E-state index contributed by atoms with van der Waals surface area (Å²) >= 11 is 6.74. The number of ether oxygens (including phenoxy) is 1. The van der Waals surface area contributed by atoms with Gasteiger partial charge in [0.2, 0.25) is 0 Å². The van der Waals surface area contributed by atoms with Crippen LogP contribution in [0.4, 0.5) is 8.78 Å². The predicted octanol–water partition coefficient (Wildman–Crippen LogP) is 2.79. The number of thiophene rings is 1. The average molecular weight is 360 g/mol. The van der Waals surface area contributed by atoms with Gasteiger partial charge >= 0.3 is 5.97 Å². The van der Waals surface area contributed by atoms with Crippen molar-refractivity contribution in [2.24, 2.45) is 0 Å². The van der Waals surface area contributed by atoms with E-state index >= 15 is 0 Å². The molecular formula is C14H8ClF2NO4S. The number of nitrogens with one attached hydrogen (secondary N) is 1. The number of carbonyl (C=O) groups is 3. The van der Waals surface area contributed by atoms with Crippen LogP contribution in [0.3, 0.4) is 0 Å². The molecule has 1 heterocycles. The van der Waals surface area contributed by atoms with Crippen LogP contribution in [0.15, 0.2) is 29.6 Å². The van der Waals surface area contributed by atoms with Gasteiger partial charge < -0.3 is 4.74 Å². The summed E-state index contributed by atoms with van der Waals surface area (Å²) in [5.74, 6) is -5.11. The lowest BCUT2D eigenvalue weighted by Gasteiger charge is -2.07. The monoisotopic (exact) mass is 359 g/mol. The van der Waals surface area contributed by atoms with E-state index in [-0.39, 0.29) is 5.02 Å².